The molecule has 0 heterocycles. The van der Waals surface area contributed by atoms with Crippen LogP contribution in [0.25, 0.3) is 0 Å². The molecule has 3 fully saturated rings. The summed E-state index contributed by atoms with van der Waals surface area (Å²) in [4.78, 5) is 12.4. The molecule has 4 atom stereocenters. The zero-order valence-electron chi connectivity index (χ0n) is 17.7. The number of benzene rings is 1. The molecule has 1 aromatic carbocycles. The summed E-state index contributed by atoms with van der Waals surface area (Å²) in [6.45, 7) is 8.90. The topological polar surface area (TPSA) is 46.5 Å². The zero-order chi connectivity index (χ0) is 19.8. The highest BCUT2D eigenvalue weighted by Crippen LogP contribution is 2.58. The van der Waals surface area contributed by atoms with E-state index in [0.29, 0.717) is 29.8 Å². The van der Waals surface area contributed by atoms with Crippen LogP contribution < -0.4 is 4.74 Å². The minimum atomic E-state index is -0.00568. The van der Waals surface area contributed by atoms with E-state index in [1.54, 1.807) is 7.11 Å². The summed E-state index contributed by atoms with van der Waals surface area (Å²) in [6, 6.07) is 4.03. The summed E-state index contributed by atoms with van der Waals surface area (Å²) in [6.07, 6.45) is 7.58. The van der Waals surface area contributed by atoms with Crippen LogP contribution in [-0.2, 0) is 10.2 Å². The van der Waals surface area contributed by atoms with E-state index in [4.69, 9.17) is 4.74 Å². The number of unbranched alkanes of at least 4 members (excludes halogenated alkanes) is 3. The first-order valence-electron chi connectivity index (χ1n) is 10.7. The zero-order valence-corrected chi connectivity index (χ0v) is 17.7. The molecule has 4 unspecified atom stereocenters. The number of fused-ring (bicyclic) bond motifs is 2. The van der Waals surface area contributed by atoms with Gasteiger partial charge in [0.05, 0.1) is 7.11 Å². The number of phenols is 1. The Balaban J connectivity index is 1.86. The predicted molar refractivity (Wildman–Crippen MR) is 110 cm³/mol. The summed E-state index contributed by atoms with van der Waals surface area (Å²) in [5.41, 5.74) is 1.97. The van der Waals surface area contributed by atoms with Gasteiger partial charge in [0.2, 0.25) is 0 Å². The van der Waals surface area contributed by atoms with Crippen molar-refractivity contribution in [2.45, 2.75) is 84.0 Å². The Morgan fingerprint density at radius 2 is 1.93 bits per heavy atom. The molecule has 3 nitrogen and oxygen atoms in total. The highest BCUT2D eigenvalue weighted by molar-refractivity contribution is 5.85. The van der Waals surface area contributed by atoms with Crippen LogP contribution in [0.2, 0.25) is 0 Å². The Bertz CT molecular complexity index is 691. The summed E-state index contributed by atoms with van der Waals surface area (Å²) >= 11 is 0. The first kappa shape index (κ1) is 20.2. The molecular formula is C24H36O3. The van der Waals surface area contributed by atoms with Crippen molar-refractivity contribution < 1.29 is 14.6 Å². The van der Waals surface area contributed by atoms with E-state index >= 15 is 0 Å². The van der Waals surface area contributed by atoms with Gasteiger partial charge in [0.15, 0.2) is 0 Å². The lowest BCUT2D eigenvalue weighted by atomic mass is 9.52. The molecule has 150 valence electrons. The smallest absolute Gasteiger partial charge is 0.136 e. The number of methoxy groups -OCH3 is 1. The second kappa shape index (κ2) is 7.85. The van der Waals surface area contributed by atoms with Gasteiger partial charge in [-0.1, -0.05) is 53.4 Å². The molecule has 3 heteroatoms. The number of hydrogen-bond acceptors (Lipinski definition) is 3. The molecular weight excluding hydrogens is 336 g/mol. The van der Waals surface area contributed by atoms with Crippen molar-refractivity contribution in [3.05, 3.63) is 23.3 Å². The van der Waals surface area contributed by atoms with Crippen LogP contribution in [0.5, 0.6) is 11.5 Å². The minimum Gasteiger partial charge on any atom is -0.508 e. The van der Waals surface area contributed by atoms with Crippen molar-refractivity contribution in [1.29, 1.82) is 0 Å². The largest absolute Gasteiger partial charge is 0.508 e. The molecule has 0 saturated heterocycles. The van der Waals surface area contributed by atoms with E-state index < -0.39 is 0 Å². The fraction of sp³-hybridized carbons (Fsp3) is 0.708. The van der Waals surface area contributed by atoms with Crippen molar-refractivity contribution in [2.24, 2.45) is 17.8 Å². The quantitative estimate of drug-likeness (QED) is 0.571. The van der Waals surface area contributed by atoms with Gasteiger partial charge >= 0.3 is 0 Å². The fourth-order valence-electron chi connectivity index (χ4n) is 5.30. The SMILES string of the molecule is CCCCCCC(C)(C)c1cc(O)c(C2CC(=O)C3CC2C3C)c(OC)c1. The maximum atomic E-state index is 12.4. The van der Waals surface area contributed by atoms with Crippen LogP contribution in [-0.4, -0.2) is 18.0 Å². The van der Waals surface area contributed by atoms with Crippen molar-refractivity contribution in [2.75, 3.05) is 7.11 Å². The van der Waals surface area contributed by atoms with Crippen LogP contribution in [0.3, 0.4) is 0 Å². The Kier molecular flexibility index (Phi) is 5.88. The summed E-state index contributed by atoms with van der Waals surface area (Å²) in [5, 5.41) is 10.9. The lowest BCUT2D eigenvalue weighted by Crippen LogP contribution is -2.48. The van der Waals surface area contributed by atoms with E-state index in [1.165, 1.54) is 25.7 Å². The standard InChI is InChI=1S/C24H36O3/c1-6-7-8-9-10-24(3,4)16-11-21(26)23(22(12-16)27-5)19-14-20(25)18-13-17(19)15(18)2/h11-12,15,17-19,26H,6-10,13-14H2,1-5H3. The van der Waals surface area contributed by atoms with Crippen LogP contribution in [0.1, 0.15) is 89.7 Å². The second-order valence-corrected chi connectivity index (χ2v) is 9.45. The third-order valence-corrected chi connectivity index (χ3v) is 7.34. The Morgan fingerprint density at radius 1 is 1.19 bits per heavy atom. The molecule has 1 aromatic rings. The maximum absolute atomic E-state index is 12.4. The normalized spacial score (nSPS) is 27.4. The second-order valence-electron chi connectivity index (χ2n) is 9.45. The van der Waals surface area contributed by atoms with Gasteiger partial charge in [-0.05, 0) is 47.8 Å². The highest BCUT2D eigenvalue weighted by atomic mass is 16.5. The maximum Gasteiger partial charge on any atom is 0.136 e. The number of ketones is 1. The van der Waals surface area contributed by atoms with E-state index in [-0.39, 0.29) is 17.3 Å². The number of Topliss-reactive ketones (excluding diaryl/α,β-unsaturated/α-hetero) is 1. The molecule has 3 aliphatic carbocycles. The average Bonchev–Trinajstić information content (AvgIpc) is 2.63. The van der Waals surface area contributed by atoms with Gasteiger partial charge < -0.3 is 9.84 Å². The molecule has 27 heavy (non-hydrogen) atoms. The van der Waals surface area contributed by atoms with Gasteiger partial charge in [0.25, 0.3) is 0 Å². The number of carbonyl (C=O) groups is 1. The Labute approximate surface area is 164 Å². The van der Waals surface area contributed by atoms with Crippen LogP contribution in [0.15, 0.2) is 12.1 Å². The first-order chi connectivity index (χ1) is 12.8. The molecule has 0 amide bonds. The monoisotopic (exact) mass is 372 g/mol. The number of hydrogen-bond donors (Lipinski definition) is 1. The van der Waals surface area contributed by atoms with Gasteiger partial charge in [-0.25, -0.2) is 0 Å². The average molecular weight is 373 g/mol. The number of rotatable bonds is 8. The van der Waals surface area contributed by atoms with Crippen molar-refractivity contribution in [3.8, 4) is 11.5 Å². The molecule has 1 N–H and O–H groups in total. The molecule has 0 spiro atoms. The van der Waals surface area contributed by atoms with Gasteiger partial charge in [-0.15, -0.1) is 0 Å². The summed E-state index contributed by atoms with van der Waals surface area (Å²) < 4.78 is 5.72. The van der Waals surface area contributed by atoms with Gasteiger partial charge in [0, 0.05) is 23.8 Å². The van der Waals surface area contributed by atoms with E-state index in [9.17, 15) is 9.90 Å². The first-order valence-corrected chi connectivity index (χ1v) is 10.7. The van der Waals surface area contributed by atoms with Crippen LogP contribution >= 0.6 is 0 Å². The molecule has 3 aliphatic rings. The summed E-state index contributed by atoms with van der Waals surface area (Å²) in [5.74, 6) is 2.67. The molecule has 0 radical (unpaired) electrons. The molecule has 4 rings (SSSR count). The lowest BCUT2D eigenvalue weighted by molar-refractivity contribution is -0.139. The van der Waals surface area contributed by atoms with Crippen molar-refractivity contribution in [1.82, 2.24) is 0 Å². The van der Waals surface area contributed by atoms with Gasteiger partial charge in [-0.2, -0.15) is 0 Å². The lowest BCUT2D eigenvalue weighted by Gasteiger charge is -2.51. The Hall–Kier alpha value is -1.51. The number of carbonyl (C=O) groups excluding carboxylic acids is 1. The van der Waals surface area contributed by atoms with E-state index in [0.717, 1.165) is 29.7 Å². The molecule has 0 aliphatic heterocycles. The van der Waals surface area contributed by atoms with Crippen molar-refractivity contribution in [3.63, 3.8) is 0 Å². The number of phenolic OH excluding ortho intramolecular Hbond substituents is 1. The molecule has 0 aromatic heterocycles. The van der Waals surface area contributed by atoms with Gasteiger partial charge in [-0.3, -0.25) is 4.79 Å². The number of ether oxygens (including phenoxy) is 1. The summed E-state index contributed by atoms with van der Waals surface area (Å²) in [7, 11) is 1.67. The van der Waals surface area contributed by atoms with E-state index in [2.05, 4.69) is 33.8 Å². The predicted octanol–water partition coefficient (Wildman–Crippen LogP) is 5.98. The minimum absolute atomic E-state index is 0.00568. The third kappa shape index (κ3) is 3.75. The third-order valence-electron chi connectivity index (χ3n) is 7.34. The van der Waals surface area contributed by atoms with Crippen LogP contribution in [0, 0.1) is 17.8 Å². The Morgan fingerprint density at radius 3 is 2.52 bits per heavy atom. The van der Waals surface area contributed by atoms with E-state index in [1.807, 2.05) is 6.07 Å². The molecule has 2 bridgehead atoms. The fourth-order valence-corrected chi connectivity index (χ4v) is 5.30. The van der Waals surface area contributed by atoms with Crippen LogP contribution in [0.4, 0.5) is 0 Å². The number of aromatic hydroxyl groups is 1. The van der Waals surface area contributed by atoms with Gasteiger partial charge in [0.1, 0.15) is 17.3 Å². The molecule has 3 saturated carbocycles. The highest BCUT2D eigenvalue weighted by Gasteiger charge is 2.52. The van der Waals surface area contributed by atoms with Crippen molar-refractivity contribution >= 4 is 5.78 Å².